The second-order valence-electron chi connectivity index (χ2n) is 7.06. The highest BCUT2D eigenvalue weighted by Crippen LogP contribution is 2.31. The first-order valence-corrected chi connectivity index (χ1v) is 9.18. The number of fused-ring (bicyclic) bond motifs is 1. The molecule has 140 valence electrons. The summed E-state index contributed by atoms with van der Waals surface area (Å²) in [4.78, 5) is 28.8. The standard InChI is InChI=1S/C21H20F2N2O2/c22-16-5-6-17(18(23)13-16)21(27)24-10-7-15(8-11-24)20(26)25-12-9-14-3-1-2-4-19(14)25/h1-6,13,15H,7-12H2. The van der Waals surface area contributed by atoms with Crippen molar-refractivity contribution < 1.29 is 18.4 Å². The number of hydrogen-bond donors (Lipinski definition) is 0. The molecule has 6 heteroatoms. The van der Waals surface area contributed by atoms with Gasteiger partial charge in [0.1, 0.15) is 11.6 Å². The molecule has 0 atom stereocenters. The van der Waals surface area contributed by atoms with Crippen LogP contribution >= 0.6 is 0 Å². The summed E-state index contributed by atoms with van der Waals surface area (Å²) in [6.45, 7) is 1.47. The summed E-state index contributed by atoms with van der Waals surface area (Å²) in [5.74, 6) is -2.06. The van der Waals surface area contributed by atoms with Crippen LogP contribution in [0.3, 0.4) is 0 Å². The molecule has 4 nitrogen and oxygen atoms in total. The zero-order chi connectivity index (χ0) is 19.0. The van der Waals surface area contributed by atoms with Gasteiger partial charge in [-0.05, 0) is 43.0 Å². The molecule has 0 radical (unpaired) electrons. The maximum Gasteiger partial charge on any atom is 0.256 e. The third-order valence-corrected chi connectivity index (χ3v) is 5.45. The van der Waals surface area contributed by atoms with Crippen molar-refractivity contribution in [3.63, 3.8) is 0 Å². The van der Waals surface area contributed by atoms with Crippen molar-refractivity contribution in [2.24, 2.45) is 5.92 Å². The molecule has 0 unspecified atom stereocenters. The van der Waals surface area contributed by atoms with Crippen LogP contribution in [0.15, 0.2) is 42.5 Å². The van der Waals surface area contributed by atoms with Crippen molar-refractivity contribution in [3.05, 3.63) is 65.2 Å². The number of para-hydroxylation sites is 1. The minimum absolute atomic E-state index is 0.0972. The molecule has 4 rings (SSSR count). The predicted molar refractivity (Wildman–Crippen MR) is 97.5 cm³/mol. The Kier molecular flexibility index (Phi) is 4.64. The van der Waals surface area contributed by atoms with Gasteiger partial charge in [0, 0.05) is 37.3 Å². The van der Waals surface area contributed by atoms with E-state index in [9.17, 15) is 18.4 Å². The first-order chi connectivity index (χ1) is 13.0. The Balaban J connectivity index is 1.40. The first-order valence-electron chi connectivity index (χ1n) is 9.18. The van der Waals surface area contributed by atoms with Crippen LogP contribution in [0.25, 0.3) is 0 Å². The molecule has 2 amide bonds. The lowest BCUT2D eigenvalue weighted by atomic mass is 9.94. The second kappa shape index (κ2) is 7.10. The van der Waals surface area contributed by atoms with E-state index in [4.69, 9.17) is 0 Å². The summed E-state index contributed by atoms with van der Waals surface area (Å²) in [6.07, 6.45) is 1.96. The van der Waals surface area contributed by atoms with Crippen LogP contribution in [-0.2, 0) is 11.2 Å². The zero-order valence-electron chi connectivity index (χ0n) is 14.8. The number of hydrogen-bond acceptors (Lipinski definition) is 2. The van der Waals surface area contributed by atoms with Crippen molar-refractivity contribution in [1.29, 1.82) is 0 Å². The van der Waals surface area contributed by atoms with Gasteiger partial charge in [-0.15, -0.1) is 0 Å². The number of nitrogens with zero attached hydrogens (tertiary/aromatic N) is 2. The molecule has 2 aliphatic rings. The minimum Gasteiger partial charge on any atom is -0.339 e. The average molecular weight is 370 g/mol. The van der Waals surface area contributed by atoms with Crippen LogP contribution < -0.4 is 4.90 Å². The maximum absolute atomic E-state index is 13.9. The lowest BCUT2D eigenvalue weighted by Crippen LogP contribution is -2.44. The van der Waals surface area contributed by atoms with E-state index in [1.54, 1.807) is 0 Å². The molecule has 1 saturated heterocycles. The van der Waals surface area contributed by atoms with Gasteiger partial charge in [-0.1, -0.05) is 18.2 Å². The van der Waals surface area contributed by atoms with Gasteiger partial charge in [-0.2, -0.15) is 0 Å². The SMILES string of the molecule is O=C(c1ccc(F)cc1F)N1CCC(C(=O)N2CCc3ccccc32)CC1. The highest BCUT2D eigenvalue weighted by molar-refractivity contribution is 5.98. The summed E-state index contributed by atoms with van der Waals surface area (Å²) >= 11 is 0. The van der Waals surface area contributed by atoms with E-state index in [-0.39, 0.29) is 17.4 Å². The largest absolute Gasteiger partial charge is 0.339 e. The van der Waals surface area contributed by atoms with Crippen LogP contribution in [0.2, 0.25) is 0 Å². The highest BCUT2D eigenvalue weighted by atomic mass is 19.1. The summed E-state index contributed by atoms with van der Waals surface area (Å²) < 4.78 is 26.9. The van der Waals surface area contributed by atoms with E-state index < -0.39 is 17.5 Å². The lowest BCUT2D eigenvalue weighted by molar-refractivity contribution is -0.123. The van der Waals surface area contributed by atoms with Crippen LogP contribution in [0, 0.1) is 17.6 Å². The van der Waals surface area contributed by atoms with Gasteiger partial charge < -0.3 is 9.80 Å². The van der Waals surface area contributed by atoms with E-state index in [1.807, 2.05) is 29.2 Å². The van der Waals surface area contributed by atoms with Crippen molar-refractivity contribution in [2.75, 3.05) is 24.5 Å². The molecule has 0 N–H and O–H groups in total. The predicted octanol–water partition coefficient (Wildman–Crippen LogP) is 3.41. The number of likely N-dealkylation sites (tertiary alicyclic amines) is 1. The monoisotopic (exact) mass is 370 g/mol. The normalized spacial score (nSPS) is 17.1. The van der Waals surface area contributed by atoms with Crippen molar-refractivity contribution in [2.45, 2.75) is 19.3 Å². The van der Waals surface area contributed by atoms with E-state index in [0.29, 0.717) is 38.5 Å². The Labute approximate surface area is 156 Å². The molecular formula is C21H20F2N2O2. The third-order valence-electron chi connectivity index (χ3n) is 5.45. The Morgan fingerprint density at radius 2 is 1.70 bits per heavy atom. The molecule has 27 heavy (non-hydrogen) atoms. The molecule has 2 aliphatic heterocycles. The van der Waals surface area contributed by atoms with Crippen LogP contribution in [0.5, 0.6) is 0 Å². The number of halogens is 2. The number of anilines is 1. The quantitative estimate of drug-likeness (QED) is 0.813. The van der Waals surface area contributed by atoms with Crippen molar-refractivity contribution in [1.82, 2.24) is 4.90 Å². The van der Waals surface area contributed by atoms with Gasteiger partial charge in [0.2, 0.25) is 5.91 Å². The average Bonchev–Trinajstić information content (AvgIpc) is 3.11. The van der Waals surface area contributed by atoms with Gasteiger partial charge in [0.05, 0.1) is 5.56 Å². The molecule has 0 saturated carbocycles. The Morgan fingerprint density at radius 3 is 2.44 bits per heavy atom. The number of piperidine rings is 1. The van der Waals surface area contributed by atoms with Crippen LogP contribution in [-0.4, -0.2) is 36.3 Å². The zero-order valence-corrected chi connectivity index (χ0v) is 14.8. The summed E-state index contributed by atoms with van der Waals surface area (Å²) in [7, 11) is 0. The van der Waals surface area contributed by atoms with Crippen LogP contribution in [0.4, 0.5) is 14.5 Å². The van der Waals surface area contributed by atoms with E-state index in [1.165, 1.54) is 16.5 Å². The summed E-state index contributed by atoms with van der Waals surface area (Å²) in [6, 6.07) is 10.9. The molecule has 1 fully saturated rings. The van der Waals surface area contributed by atoms with Gasteiger partial charge in [-0.3, -0.25) is 9.59 Å². The van der Waals surface area contributed by atoms with Crippen molar-refractivity contribution in [3.8, 4) is 0 Å². The lowest BCUT2D eigenvalue weighted by Gasteiger charge is -2.33. The minimum atomic E-state index is -0.855. The topological polar surface area (TPSA) is 40.6 Å². The van der Waals surface area contributed by atoms with Gasteiger partial charge in [0.25, 0.3) is 5.91 Å². The molecule has 0 aliphatic carbocycles. The Bertz CT molecular complexity index is 892. The maximum atomic E-state index is 13.9. The molecule has 2 heterocycles. The fourth-order valence-electron chi connectivity index (χ4n) is 3.95. The smallest absolute Gasteiger partial charge is 0.256 e. The van der Waals surface area contributed by atoms with E-state index >= 15 is 0 Å². The molecule has 0 aromatic heterocycles. The fourth-order valence-corrected chi connectivity index (χ4v) is 3.95. The van der Waals surface area contributed by atoms with Crippen molar-refractivity contribution >= 4 is 17.5 Å². The fraction of sp³-hybridized carbons (Fsp3) is 0.333. The molecule has 0 spiro atoms. The number of carbonyl (C=O) groups excluding carboxylic acids is 2. The molecular weight excluding hydrogens is 350 g/mol. The molecule has 2 aromatic rings. The van der Waals surface area contributed by atoms with Gasteiger partial charge in [0.15, 0.2) is 0 Å². The Hall–Kier alpha value is -2.76. The number of carbonyl (C=O) groups is 2. The summed E-state index contributed by atoms with van der Waals surface area (Å²) in [5.41, 5.74) is 2.04. The van der Waals surface area contributed by atoms with Crippen LogP contribution in [0.1, 0.15) is 28.8 Å². The molecule has 0 bridgehead atoms. The number of benzene rings is 2. The Morgan fingerprint density at radius 1 is 0.963 bits per heavy atom. The molecule has 2 aromatic carbocycles. The third kappa shape index (κ3) is 3.31. The van der Waals surface area contributed by atoms with Gasteiger partial charge >= 0.3 is 0 Å². The summed E-state index contributed by atoms with van der Waals surface area (Å²) in [5, 5.41) is 0. The first kappa shape index (κ1) is 17.6. The number of rotatable bonds is 2. The highest BCUT2D eigenvalue weighted by Gasteiger charge is 2.33. The van der Waals surface area contributed by atoms with E-state index in [0.717, 1.165) is 18.2 Å². The second-order valence-corrected chi connectivity index (χ2v) is 7.06. The number of amides is 2. The van der Waals surface area contributed by atoms with Gasteiger partial charge in [-0.25, -0.2) is 8.78 Å². The van der Waals surface area contributed by atoms with E-state index in [2.05, 4.69) is 0 Å².